The van der Waals surface area contributed by atoms with Crippen molar-refractivity contribution in [1.82, 2.24) is 5.32 Å². The minimum absolute atomic E-state index is 0.353. The summed E-state index contributed by atoms with van der Waals surface area (Å²) in [6, 6.07) is 14.0. The molecule has 1 N–H and O–H groups in total. The van der Waals surface area contributed by atoms with Crippen LogP contribution < -0.4 is 10.1 Å². The molecule has 0 spiro atoms. The molecular weight excluding hydrogens is 290 g/mol. The van der Waals surface area contributed by atoms with Gasteiger partial charge in [-0.1, -0.05) is 36.4 Å². The largest absolute Gasteiger partial charge is 0.489 e. The second kappa shape index (κ2) is 7.11. The Morgan fingerprint density at radius 2 is 1.91 bits per heavy atom. The Labute approximate surface area is 135 Å². The van der Waals surface area contributed by atoms with E-state index in [1.54, 1.807) is 6.08 Å². The van der Waals surface area contributed by atoms with Gasteiger partial charge in [0.1, 0.15) is 12.4 Å². The zero-order chi connectivity index (χ0) is 16.1. The first kappa shape index (κ1) is 15.3. The van der Waals surface area contributed by atoms with Crippen molar-refractivity contribution in [2.45, 2.75) is 19.7 Å². The van der Waals surface area contributed by atoms with E-state index >= 15 is 0 Å². The summed E-state index contributed by atoms with van der Waals surface area (Å²) < 4.78 is 10.6. The molecule has 0 fully saturated rings. The van der Waals surface area contributed by atoms with E-state index in [2.05, 4.69) is 10.1 Å². The lowest BCUT2D eigenvalue weighted by Gasteiger charge is -2.12. The van der Waals surface area contributed by atoms with Crippen LogP contribution in [0.15, 0.2) is 48.5 Å². The van der Waals surface area contributed by atoms with Gasteiger partial charge in [0, 0.05) is 24.7 Å². The van der Waals surface area contributed by atoms with Gasteiger partial charge in [0.05, 0.1) is 7.11 Å². The number of hydrogen-bond acceptors (Lipinski definition) is 4. The lowest BCUT2D eigenvalue weighted by molar-refractivity contribution is -0.134. The van der Waals surface area contributed by atoms with Gasteiger partial charge in [-0.2, -0.15) is 0 Å². The van der Waals surface area contributed by atoms with Gasteiger partial charge < -0.3 is 14.8 Å². The molecule has 0 bridgehead atoms. The SMILES string of the molecule is COC(=O)/C=C/c1ccc(OCc2ccccc2)c2c1CNC2. The number of carbonyl (C=O) groups is 1. The second-order valence-electron chi connectivity index (χ2n) is 5.34. The number of esters is 1. The standard InChI is InChI=1S/C19H19NO3/c1-22-19(21)10-8-15-7-9-18(17-12-20-11-16(15)17)23-13-14-5-3-2-4-6-14/h2-10,20H,11-13H2,1H3/b10-8+. The topological polar surface area (TPSA) is 47.6 Å². The van der Waals surface area contributed by atoms with Crippen molar-refractivity contribution in [1.29, 1.82) is 0 Å². The summed E-state index contributed by atoms with van der Waals surface area (Å²) in [4.78, 5) is 11.3. The highest BCUT2D eigenvalue weighted by atomic mass is 16.5. The number of carbonyl (C=O) groups excluding carboxylic acids is 1. The predicted molar refractivity (Wildman–Crippen MR) is 88.8 cm³/mol. The third kappa shape index (κ3) is 3.60. The Hall–Kier alpha value is -2.59. The van der Waals surface area contributed by atoms with Crippen molar-refractivity contribution in [2.75, 3.05) is 7.11 Å². The van der Waals surface area contributed by atoms with Crippen molar-refractivity contribution in [3.8, 4) is 5.75 Å². The van der Waals surface area contributed by atoms with E-state index in [1.165, 1.54) is 18.7 Å². The number of hydrogen-bond donors (Lipinski definition) is 1. The van der Waals surface area contributed by atoms with Gasteiger partial charge in [-0.3, -0.25) is 0 Å². The zero-order valence-corrected chi connectivity index (χ0v) is 13.0. The van der Waals surface area contributed by atoms with Crippen LogP contribution in [0, 0.1) is 0 Å². The van der Waals surface area contributed by atoms with Crippen molar-refractivity contribution in [3.63, 3.8) is 0 Å². The molecule has 0 aromatic heterocycles. The quantitative estimate of drug-likeness (QED) is 0.681. The van der Waals surface area contributed by atoms with E-state index in [-0.39, 0.29) is 5.97 Å². The van der Waals surface area contributed by atoms with Crippen LogP contribution in [0.3, 0.4) is 0 Å². The van der Waals surface area contributed by atoms with Gasteiger partial charge in [0.2, 0.25) is 0 Å². The molecule has 4 nitrogen and oxygen atoms in total. The van der Waals surface area contributed by atoms with Crippen LogP contribution in [-0.4, -0.2) is 13.1 Å². The number of methoxy groups -OCH3 is 1. The maximum absolute atomic E-state index is 11.3. The fourth-order valence-electron chi connectivity index (χ4n) is 2.66. The maximum Gasteiger partial charge on any atom is 0.330 e. The average Bonchev–Trinajstić information content (AvgIpc) is 3.09. The molecule has 1 aliphatic rings. The molecule has 0 saturated carbocycles. The minimum atomic E-state index is -0.353. The van der Waals surface area contributed by atoms with Gasteiger partial charge in [0.25, 0.3) is 0 Å². The number of nitrogens with one attached hydrogen (secondary N) is 1. The highest BCUT2D eigenvalue weighted by Crippen LogP contribution is 2.30. The summed E-state index contributed by atoms with van der Waals surface area (Å²) in [5.74, 6) is 0.540. The highest BCUT2D eigenvalue weighted by molar-refractivity contribution is 5.87. The molecule has 23 heavy (non-hydrogen) atoms. The molecule has 4 heteroatoms. The van der Waals surface area contributed by atoms with E-state index in [9.17, 15) is 4.79 Å². The fraction of sp³-hybridized carbons (Fsp3) is 0.211. The molecule has 118 valence electrons. The Morgan fingerprint density at radius 1 is 1.13 bits per heavy atom. The molecule has 1 heterocycles. The van der Waals surface area contributed by atoms with Crippen LogP contribution in [0.5, 0.6) is 5.75 Å². The molecule has 3 rings (SSSR count). The molecule has 0 aliphatic carbocycles. The van der Waals surface area contributed by atoms with Crippen LogP contribution in [0.2, 0.25) is 0 Å². The van der Waals surface area contributed by atoms with Crippen molar-refractivity contribution in [3.05, 3.63) is 70.8 Å². The summed E-state index contributed by atoms with van der Waals surface area (Å²) in [6.07, 6.45) is 3.23. The van der Waals surface area contributed by atoms with Crippen molar-refractivity contribution >= 4 is 12.0 Å². The smallest absolute Gasteiger partial charge is 0.330 e. The highest BCUT2D eigenvalue weighted by Gasteiger charge is 2.18. The molecule has 0 radical (unpaired) electrons. The summed E-state index contributed by atoms with van der Waals surface area (Å²) in [5, 5.41) is 3.34. The van der Waals surface area contributed by atoms with E-state index in [0.29, 0.717) is 6.61 Å². The van der Waals surface area contributed by atoms with Gasteiger partial charge in [0.15, 0.2) is 0 Å². The van der Waals surface area contributed by atoms with Crippen molar-refractivity contribution in [2.24, 2.45) is 0 Å². The lowest BCUT2D eigenvalue weighted by atomic mass is 10.0. The molecule has 2 aromatic carbocycles. The van der Waals surface area contributed by atoms with E-state index < -0.39 is 0 Å². The Morgan fingerprint density at radius 3 is 2.70 bits per heavy atom. The second-order valence-corrected chi connectivity index (χ2v) is 5.34. The summed E-state index contributed by atoms with van der Waals surface area (Å²) in [5.41, 5.74) is 4.49. The van der Waals surface area contributed by atoms with Crippen LogP contribution in [0.4, 0.5) is 0 Å². The fourth-order valence-corrected chi connectivity index (χ4v) is 2.66. The number of fused-ring (bicyclic) bond motifs is 1. The Kier molecular flexibility index (Phi) is 4.74. The normalized spacial score (nSPS) is 13.1. The van der Waals surface area contributed by atoms with Crippen molar-refractivity contribution < 1.29 is 14.3 Å². The summed E-state index contributed by atoms with van der Waals surface area (Å²) >= 11 is 0. The molecule has 0 atom stereocenters. The minimum Gasteiger partial charge on any atom is -0.489 e. The predicted octanol–water partition coefficient (Wildman–Crippen LogP) is 3.06. The number of rotatable bonds is 5. The molecular formula is C19H19NO3. The van der Waals surface area contributed by atoms with Crippen LogP contribution in [0.1, 0.15) is 22.3 Å². The van der Waals surface area contributed by atoms with Gasteiger partial charge >= 0.3 is 5.97 Å². The first-order valence-corrected chi connectivity index (χ1v) is 7.56. The van der Waals surface area contributed by atoms with E-state index in [1.807, 2.05) is 42.5 Å². The van der Waals surface area contributed by atoms with Gasteiger partial charge in [-0.05, 0) is 28.8 Å². The monoisotopic (exact) mass is 309 g/mol. The molecule has 2 aromatic rings. The first-order chi connectivity index (χ1) is 11.3. The third-order valence-corrected chi connectivity index (χ3v) is 3.87. The molecule has 0 saturated heterocycles. The number of ether oxygens (including phenoxy) is 2. The Balaban J connectivity index is 1.79. The molecule has 0 amide bonds. The van der Waals surface area contributed by atoms with Crippen LogP contribution >= 0.6 is 0 Å². The molecule has 0 unspecified atom stereocenters. The zero-order valence-electron chi connectivity index (χ0n) is 13.0. The first-order valence-electron chi connectivity index (χ1n) is 7.56. The number of benzene rings is 2. The van der Waals surface area contributed by atoms with E-state index in [4.69, 9.17) is 4.74 Å². The third-order valence-electron chi connectivity index (χ3n) is 3.87. The van der Waals surface area contributed by atoms with Crippen LogP contribution in [-0.2, 0) is 29.2 Å². The lowest BCUT2D eigenvalue weighted by Crippen LogP contribution is -2.01. The van der Waals surface area contributed by atoms with Crippen LogP contribution in [0.25, 0.3) is 6.08 Å². The summed E-state index contributed by atoms with van der Waals surface area (Å²) in [7, 11) is 1.37. The van der Waals surface area contributed by atoms with Gasteiger partial charge in [-0.15, -0.1) is 0 Å². The van der Waals surface area contributed by atoms with Gasteiger partial charge in [-0.25, -0.2) is 4.79 Å². The molecule has 1 aliphatic heterocycles. The Bertz CT molecular complexity index is 723. The van der Waals surface area contributed by atoms with E-state index in [0.717, 1.165) is 35.5 Å². The average molecular weight is 309 g/mol. The maximum atomic E-state index is 11.3. The summed E-state index contributed by atoms with van der Waals surface area (Å²) in [6.45, 7) is 2.10.